The van der Waals surface area contributed by atoms with Gasteiger partial charge in [-0.25, -0.2) is 0 Å². The highest BCUT2D eigenvalue weighted by Gasteiger charge is 2.37. The lowest BCUT2D eigenvalue weighted by Crippen LogP contribution is -2.54. The molecule has 0 spiro atoms. The molecule has 2 aliphatic heterocycles. The summed E-state index contributed by atoms with van der Waals surface area (Å²) >= 11 is 0. The third-order valence-electron chi connectivity index (χ3n) is 5.55. The molecule has 3 N–H and O–H groups in total. The number of carbonyl (C=O) groups is 4. The number of anilines is 1. The van der Waals surface area contributed by atoms with Crippen molar-refractivity contribution in [2.24, 2.45) is 0 Å². The van der Waals surface area contributed by atoms with Crippen LogP contribution in [0, 0.1) is 0 Å². The molecule has 30 heavy (non-hydrogen) atoms. The highest BCUT2D eigenvalue weighted by atomic mass is 16.2. The van der Waals surface area contributed by atoms with Gasteiger partial charge >= 0.3 is 0 Å². The van der Waals surface area contributed by atoms with E-state index >= 15 is 0 Å². The molecule has 2 aromatic rings. The number of fused-ring (bicyclic) bond motifs is 2. The summed E-state index contributed by atoms with van der Waals surface area (Å²) in [6, 6.07) is 12.6. The van der Waals surface area contributed by atoms with E-state index in [2.05, 4.69) is 16.0 Å². The van der Waals surface area contributed by atoms with Gasteiger partial charge in [-0.1, -0.05) is 36.4 Å². The Morgan fingerprint density at radius 1 is 1.07 bits per heavy atom. The van der Waals surface area contributed by atoms with Crippen molar-refractivity contribution in [3.8, 4) is 0 Å². The second-order valence-electron chi connectivity index (χ2n) is 7.39. The molecule has 8 nitrogen and oxygen atoms in total. The lowest BCUT2D eigenvalue weighted by atomic mass is 9.93. The quantitative estimate of drug-likeness (QED) is 0.702. The molecule has 8 heteroatoms. The molecule has 0 saturated heterocycles. The van der Waals surface area contributed by atoms with E-state index in [9.17, 15) is 19.2 Å². The van der Waals surface area contributed by atoms with Gasteiger partial charge < -0.3 is 20.9 Å². The average molecular weight is 406 g/mol. The molecule has 4 rings (SSSR count). The molecule has 2 atom stereocenters. The van der Waals surface area contributed by atoms with Gasteiger partial charge in [0, 0.05) is 20.0 Å². The summed E-state index contributed by atoms with van der Waals surface area (Å²) in [4.78, 5) is 52.2. The van der Waals surface area contributed by atoms with Crippen LogP contribution in [0.1, 0.15) is 27.9 Å². The molecule has 2 aromatic carbocycles. The Morgan fingerprint density at radius 3 is 2.53 bits per heavy atom. The van der Waals surface area contributed by atoms with Gasteiger partial charge in [0.15, 0.2) is 0 Å². The number of benzene rings is 2. The number of likely N-dealkylation sites (N-methyl/N-ethyl adjacent to an activating group) is 1. The first-order chi connectivity index (χ1) is 14.5. The zero-order chi connectivity index (χ0) is 21.3. The number of amides is 4. The van der Waals surface area contributed by atoms with Crippen LogP contribution in [0.4, 0.5) is 5.69 Å². The van der Waals surface area contributed by atoms with Crippen molar-refractivity contribution in [3.05, 3.63) is 65.2 Å². The van der Waals surface area contributed by atoms with Gasteiger partial charge in [0.1, 0.15) is 12.1 Å². The van der Waals surface area contributed by atoms with Crippen molar-refractivity contribution in [2.45, 2.75) is 31.5 Å². The van der Waals surface area contributed by atoms with Gasteiger partial charge in [-0.3, -0.25) is 19.2 Å². The maximum atomic E-state index is 13.2. The van der Waals surface area contributed by atoms with E-state index in [-0.39, 0.29) is 24.8 Å². The minimum atomic E-state index is -1.03. The molecule has 0 aromatic heterocycles. The fourth-order valence-electron chi connectivity index (χ4n) is 3.93. The van der Waals surface area contributed by atoms with Crippen LogP contribution in [0.25, 0.3) is 0 Å². The number of para-hydroxylation sites is 1. The lowest BCUT2D eigenvalue weighted by molar-refractivity contribution is -0.142. The van der Waals surface area contributed by atoms with Crippen molar-refractivity contribution in [1.82, 2.24) is 15.5 Å². The molecule has 0 radical (unpaired) electrons. The van der Waals surface area contributed by atoms with Crippen molar-refractivity contribution in [2.75, 3.05) is 12.4 Å². The summed E-state index contributed by atoms with van der Waals surface area (Å²) in [6.07, 6.45) is 0.164. The van der Waals surface area contributed by atoms with Crippen molar-refractivity contribution in [1.29, 1.82) is 0 Å². The van der Waals surface area contributed by atoms with Crippen LogP contribution < -0.4 is 16.0 Å². The largest absolute Gasteiger partial charge is 0.357 e. The Bertz CT molecular complexity index is 1040. The van der Waals surface area contributed by atoms with Crippen LogP contribution in [0.15, 0.2) is 48.5 Å². The summed E-state index contributed by atoms with van der Waals surface area (Å²) in [5.41, 5.74) is 2.74. The number of carbonyl (C=O) groups excluding carboxylic acids is 4. The molecule has 0 bridgehead atoms. The molecule has 4 amide bonds. The topological polar surface area (TPSA) is 108 Å². The van der Waals surface area contributed by atoms with Gasteiger partial charge in [0.25, 0.3) is 5.91 Å². The summed E-state index contributed by atoms with van der Waals surface area (Å²) in [5, 5.41) is 7.94. The van der Waals surface area contributed by atoms with Crippen molar-refractivity contribution < 1.29 is 19.2 Å². The van der Waals surface area contributed by atoms with Gasteiger partial charge in [0.2, 0.25) is 17.7 Å². The minimum absolute atomic E-state index is 0.235. The molecular formula is C22H22N4O4. The van der Waals surface area contributed by atoms with Gasteiger partial charge in [-0.15, -0.1) is 0 Å². The normalized spacial score (nSPS) is 20.2. The van der Waals surface area contributed by atoms with Crippen LogP contribution in [-0.4, -0.2) is 47.7 Å². The second kappa shape index (κ2) is 7.98. The predicted molar refractivity (Wildman–Crippen MR) is 109 cm³/mol. The summed E-state index contributed by atoms with van der Waals surface area (Å²) in [6.45, 7) is 0.273. The van der Waals surface area contributed by atoms with E-state index in [1.54, 1.807) is 24.3 Å². The van der Waals surface area contributed by atoms with E-state index in [4.69, 9.17) is 0 Å². The summed E-state index contributed by atoms with van der Waals surface area (Å²) in [5.74, 6) is -1.52. The first-order valence-corrected chi connectivity index (χ1v) is 9.76. The molecule has 2 heterocycles. The maximum absolute atomic E-state index is 13.2. The number of rotatable bonds is 3. The number of hydrogen-bond donors (Lipinski definition) is 3. The van der Waals surface area contributed by atoms with E-state index in [1.165, 1.54) is 11.9 Å². The van der Waals surface area contributed by atoms with Crippen molar-refractivity contribution >= 4 is 29.3 Å². The molecule has 0 saturated carbocycles. The van der Waals surface area contributed by atoms with E-state index in [0.717, 1.165) is 11.1 Å². The third kappa shape index (κ3) is 3.63. The predicted octanol–water partition coefficient (Wildman–Crippen LogP) is 0.827. The third-order valence-corrected chi connectivity index (χ3v) is 5.55. The van der Waals surface area contributed by atoms with Crippen LogP contribution >= 0.6 is 0 Å². The van der Waals surface area contributed by atoms with Crippen LogP contribution in [0.3, 0.4) is 0 Å². The molecule has 0 unspecified atom stereocenters. The first-order valence-electron chi connectivity index (χ1n) is 9.76. The highest BCUT2D eigenvalue weighted by molar-refractivity contribution is 6.10. The Kier molecular flexibility index (Phi) is 5.22. The fourth-order valence-corrected chi connectivity index (χ4v) is 3.93. The Hall–Kier alpha value is -3.68. The SMILES string of the molecule is CNC(=O)[C@@H]1Cc2ccccc2CN1C(=O)C[C@H]1NC(=O)c2ccccc2NC1=O. The maximum Gasteiger partial charge on any atom is 0.254 e. The van der Waals surface area contributed by atoms with Crippen LogP contribution in [0.5, 0.6) is 0 Å². The zero-order valence-electron chi connectivity index (χ0n) is 16.5. The number of nitrogens with zero attached hydrogens (tertiary/aromatic N) is 1. The molecule has 154 valence electrons. The van der Waals surface area contributed by atoms with Gasteiger partial charge in [0.05, 0.1) is 17.7 Å². The standard InChI is InChI=1S/C22H22N4O4/c1-23-22(30)18-10-13-6-2-3-7-14(13)12-26(18)19(27)11-17-21(29)24-16-9-5-4-8-15(16)20(28)25-17/h2-9,17-18H,10-12H2,1H3,(H,23,30)(H,24,29)(H,25,28)/t17-,18+/m1/s1. The monoisotopic (exact) mass is 406 g/mol. The zero-order valence-corrected chi connectivity index (χ0v) is 16.5. The van der Waals surface area contributed by atoms with Crippen LogP contribution in [0.2, 0.25) is 0 Å². The van der Waals surface area contributed by atoms with Gasteiger partial charge in [-0.05, 0) is 23.3 Å². The van der Waals surface area contributed by atoms with E-state index in [0.29, 0.717) is 17.7 Å². The Balaban J connectivity index is 1.55. The molecule has 0 aliphatic carbocycles. The summed E-state index contributed by atoms with van der Waals surface area (Å²) < 4.78 is 0. The molecule has 2 aliphatic rings. The van der Waals surface area contributed by atoms with E-state index in [1.807, 2.05) is 24.3 Å². The lowest BCUT2D eigenvalue weighted by Gasteiger charge is -2.36. The fraction of sp³-hybridized carbons (Fsp3) is 0.273. The Labute approximate surface area is 173 Å². The number of hydrogen-bond acceptors (Lipinski definition) is 4. The first kappa shape index (κ1) is 19.6. The smallest absolute Gasteiger partial charge is 0.254 e. The van der Waals surface area contributed by atoms with Crippen molar-refractivity contribution in [3.63, 3.8) is 0 Å². The van der Waals surface area contributed by atoms with Gasteiger partial charge in [-0.2, -0.15) is 0 Å². The summed E-state index contributed by atoms with van der Waals surface area (Å²) in [7, 11) is 1.53. The van der Waals surface area contributed by atoms with E-state index < -0.39 is 23.9 Å². The Morgan fingerprint density at radius 2 is 1.77 bits per heavy atom. The molecule has 0 fully saturated rings. The minimum Gasteiger partial charge on any atom is -0.357 e. The molecular weight excluding hydrogens is 384 g/mol. The highest BCUT2D eigenvalue weighted by Crippen LogP contribution is 2.25. The second-order valence-corrected chi connectivity index (χ2v) is 7.39. The number of nitrogens with one attached hydrogen (secondary N) is 3. The average Bonchev–Trinajstić information content (AvgIpc) is 2.88. The van der Waals surface area contributed by atoms with Crippen LogP contribution in [-0.2, 0) is 27.3 Å².